The second-order valence-corrected chi connectivity index (χ2v) is 5.26. The largest absolute Gasteiger partial charge is 0.438 e. The van der Waals surface area contributed by atoms with Gasteiger partial charge in [-0.3, -0.25) is 0 Å². The van der Waals surface area contributed by atoms with E-state index in [4.69, 9.17) is 19.6 Å². The van der Waals surface area contributed by atoms with Gasteiger partial charge < -0.3 is 19.6 Å². The summed E-state index contributed by atoms with van der Waals surface area (Å²) in [7, 11) is 1.76. The summed E-state index contributed by atoms with van der Waals surface area (Å²) in [4.78, 5) is 4.39. The van der Waals surface area contributed by atoms with Gasteiger partial charge in [-0.25, -0.2) is 4.98 Å². The van der Waals surface area contributed by atoms with Gasteiger partial charge in [-0.05, 0) is 37.8 Å². The van der Waals surface area contributed by atoms with Crippen LogP contribution in [0.1, 0.15) is 31.6 Å². The van der Waals surface area contributed by atoms with E-state index in [2.05, 4.69) is 4.98 Å². The van der Waals surface area contributed by atoms with Crippen LogP contribution in [0.3, 0.4) is 0 Å². The first-order chi connectivity index (χ1) is 9.76. The molecule has 1 fully saturated rings. The predicted octanol–water partition coefficient (Wildman–Crippen LogP) is 2.88. The Labute approximate surface area is 118 Å². The van der Waals surface area contributed by atoms with Crippen LogP contribution < -0.4 is 5.73 Å². The third-order valence-electron chi connectivity index (χ3n) is 3.85. The van der Waals surface area contributed by atoms with Gasteiger partial charge in [-0.15, -0.1) is 0 Å². The van der Waals surface area contributed by atoms with E-state index in [9.17, 15) is 0 Å². The van der Waals surface area contributed by atoms with Crippen molar-refractivity contribution >= 4 is 16.8 Å². The number of benzene rings is 1. The van der Waals surface area contributed by atoms with Gasteiger partial charge in [0.2, 0.25) is 5.89 Å². The molecule has 2 atom stereocenters. The van der Waals surface area contributed by atoms with Crippen molar-refractivity contribution in [3.63, 3.8) is 0 Å². The fraction of sp³-hybridized carbons (Fsp3) is 0.533. The van der Waals surface area contributed by atoms with Crippen molar-refractivity contribution in [2.24, 2.45) is 0 Å². The van der Waals surface area contributed by atoms with Crippen molar-refractivity contribution in [3.05, 3.63) is 24.1 Å². The lowest BCUT2D eigenvalue weighted by Gasteiger charge is -2.27. The van der Waals surface area contributed by atoms with E-state index >= 15 is 0 Å². The summed E-state index contributed by atoms with van der Waals surface area (Å²) in [6.07, 6.45) is 4.81. The Bertz CT molecular complexity index is 582. The first-order valence-corrected chi connectivity index (χ1v) is 7.04. The number of nitrogen functional groups attached to an aromatic ring is 1. The molecule has 2 unspecified atom stereocenters. The maximum absolute atomic E-state index is 5.89. The fourth-order valence-electron chi connectivity index (χ4n) is 2.73. The van der Waals surface area contributed by atoms with Crippen molar-refractivity contribution in [1.82, 2.24) is 4.98 Å². The summed E-state index contributed by atoms with van der Waals surface area (Å²) in [6.45, 7) is 0.384. The molecule has 2 N–H and O–H groups in total. The molecule has 1 heterocycles. The van der Waals surface area contributed by atoms with E-state index in [1.54, 1.807) is 7.11 Å². The minimum atomic E-state index is 0.223. The average Bonchev–Trinajstić information content (AvgIpc) is 2.90. The molecule has 0 saturated heterocycles. The van der Waals surface area contributed by atoms with Crippen molar-refractivity contribution < 1.29 is 13.9 Å². The summed E-state index contributed by atoms with van der Waals surface area (Å²) < 4.78 is 16.9. The zero-order valence-electron chi connectivity index (χ0n) is 11.7. The Kier molecular flexibility index (Phi) is 3.89. The van der Waals surface area contributed by atoms with Gasteiger partial charge in [-0.1, -0.05) is 6.07 Å². The molecular formula is C15H20N2O3. The molecule has 1 aromatic carbocycles. The second-order valence-electron chi connectivity index (χ2n) is 5.26. The summed E-state index contributed by atoms with van der Waals surface area (Å²) in [5.74, 6) is 0.581. The molecule has 2 aromatic rings. The highest BCUT2D eigenvalue weighted by atomic mass is 16.5. The number of aromatic nitrogens is 1. The summed E-state index contributed by atoms with van der Waals surface area (Å²) in [5, 5.41) is 0. The van der Waals surface area contributed by atoms with Crippen molar-refractivity contribution in [2.45, 2.75) is 44.5 Å². The number of ether oxygens (including phenoxy) is 2. The first kappa shape index (κ1) is 13.4. The van der Waals surface area contributed by atoms with E-state index in [0.717, 1.165) is 25.7 Å². The smallest absolute Gasteiger partial charge is 0.221 e. The Balaban J connectivity index is 1.63. The molecule has 0 bridgehead atoms. The number of hydrogen-bond donors (Lipinski definition) is 1. The number of rotatable bonds is 4. The maximum Gasteiger partial charge on any atom is 0.221 e. The Morgan fingerprint density at radius 3 is 3.00 bits per heavy atom. The van der Waals surface area contributed by atoms with Gasteiger partial charge in [-0.2, -0.15) is 0 Å². The average molecular weight is 276 g/mol. The zero-order chi connectivity index (χ0) is 13.9. The number of oxazole rings is 1. The molecule has 5 nitrogen and oxygen atoms in total. The standard InChI is InChI=1S/C15H20N2O3/c1-18-10-4-2-5-11(8-10)19-9-14-17-15-12(16)6-3-7-13(15)20-14/h3,6-7,10-11H,2,4-5,8-9,16H2,1H3. The minimum Gasteiger partial charge on any atom is -0.438 e. The minimum absolute atomic E-state index is 0.223. The topological polar surface area (TPSA) is 70.5 Å². The van der Waals surface area contributed by atoms with E-state index in [-0.39, 0.29) is 6.10 Å². The van der Waals surface area contributed by atoms with E-state index in [1.165, 1.54) is 0 Å². The van der Waals surface area contributed by atoms with Crippen LogP contribution in [0.4, 0.5) is 5.69 Å². The molecule has 0 radical (unpaired) electrons. The highest BCUT2D eigenvalue weighted by Crippen LogP contribution is 2.25. The van der Waals surface area contributed by atoms with Crippen LogP contribution in [0, 0.1) is 0 Å². The molecule has 108 valence electrons. The van der Waals surface area contributed by atoms with Crippen LogP contribution in [0.5, 0.6) is 0 Å². The summed E-state index contributed by atoms with van der Waals surface area (Å²) in [6, 6.07) is 5.54. The van der Waals surface area contributed by atoms with Crippen LogP contribution in [0.15, 0.2) is 22.6 Å². The van der Waals surface area contributed by atoms with Crippen molar-refractivity contribution in [2.75, 3.05) is 12.8 Å². The van der Waals surface area contributed by atoms with Crippen LogP contribution in [-0.4, -0.2) is 24.3 Å². The quantitative estimate of drug-likeness (QED) is 0.869. The molecule has 20 heavy (non-hydrogen) atoms. The molecule has 1 aromatic heterocycles. The molecule has 0 amide bonds. The Hall–Kier alpha value is -1.59. The van der Waals surface area contributed by atoms with Crippen LogP contribution in [0.2, 0.25) is 0 Å². The molecule has 3 rings (SSSR count). The van der Waals surface area contributed by atoms with Crippen LogP contribution in [0.25, 0.3) is 11.1 Å². The lowest BCUT2D eigenvalue weighted by atomic mass is 9.95. The predicted molar refractivity (Wildman–Crippen MR) is 76.3 cm³/mol. The lowest BCUT2D eigenvalue weighted by Crippen LogP contribution is -2.27. The number of hydrogen-bond acceptors (Lipinski definition) is 5. The van der Waals surface area contributed by atoms with Gasteiger partial charge in [0.15, 0.2) is 5.58 Å². The third kappa shape index (κ3) is 2.78. The van der Waals surface area contributed by atoms with Gasteiger partial charge in [0.1, 0.15) is 12.1 Å². The lowest BCUT2D eigenvalue weighted by molar-refractivity contribution is -0.0413. The second kappa shape index (κ2) is 5.81. The SMILES string of the molecule is COC1CCCC(OCc2nc3c(N)cccc3o2)C1. The van der Waals surface area contributed by atoms with E-state index < -0.39 is 0 Å². The first-order valence-electron chi connectivity index (χ1n) is 7.04. The van der Waals surface area contributed by atoms with Crippen LogP contribution >= 0.6 is 0 Å². The maximum atomic E-state index is 5.89. The molecule has 1 aliphatic rings. The van der Waals surface area contributed by atoms with E-state index in [1.807, 2.05) is 18.2 Å². The number of methoxy groups -OCH3 is 1. The number of nitrogens with two attached hydrogens (primary N) is 1. The monoisotopic (exact) mass is 276 g/mol. The van der Waals surface area contributed by atoms with Gasteiger partial charge in [0, 0.05) is 7.11 Å². The highest BCUT2D eigenvalue weighted by Gasteiger charge is 2.22. The van der Waals surface area contributed by atoms with Crippen LogP contribution in [-0.2, 0) is 16.1 Å². The van der Waals surface area contributed by atoms with Gasteiger partial charge in [0.05, 0.1) is 17.9 Å². The highest BCUT2D eigenvalue weighted by molar-refractivity contribution is 5.85. The third-order valence-corrected chi connectivity index (χ3v) is 3.85. The number of para-hydroxylation sites is 1. The normalized spacial score (nSPS) is 23.2. The Morgan fingerprint density at radius 2 is 2.20 bits per heavy atom. The van der Waals surface area contributed by atoms with E-state index in [0.29, 0.717) is 35.4 Å². The number of nitrogens with zero attached hydrogens (tertiary/aromatic N) is 1. The van der Waals surface area contributed by atoms with Gasteiger partial charge >= 0.3 is 0 Å². The van der Waals surface area contributed by atoms with Gasteiger partial charge in [0.25, 0.3) is 0 Å². The summed E-state index contributed by atoms with van der Waals surface area (Å²) in [5.41, 5.74) is 7.92. The molecule has 1 saturated carbocycles. The molecule has 1 aliphatic carbocycles. The zero-order valence-corrected chi connectivity index (χ0v) is 11.7. The van der Waals surface area contributed by atoms with Crippen molar-refractivity contribution in [3.8, 4) is 0 Å². The Morgan fingerprint density at radius 1 is 1.35 bits per heavy atom. The number of anilines is 1. The number of fused-ring (bicyclic) bond motifs is 1. The fourth-order valence-corrected chi connectivity index (χ4v) is 2.73. The van der Waals surface area contributed by atoms with Crippen molar-refractivity contribution in [1.29, 1.82) is 0 Å². The molecule has 0 aliphatic heterocycles. The molecule has 5 heteroatoms. The summed E-state index contributed by atoms with van der Waals surface area (Å²) >= 11 is 0. The molecular weight excluding hydrogens is 256 g/mol. The molecule has 0 spiro atoms.